The summed E-state index contributed by atoms with van der Waals surface area (Å²) in [5, 5.41) is 3.33. The van der Waals surface area contributed by atoms with Crippen LogP contribution in [0.2, 0.25) is 0 Å². The number of aryl methyl sites for hydroxylation is 1. The van der Waals surface area contributed by atoms with Gasteiger partial charge in [-0.2, -0.15) is 0 Å². The van der Waals surface area contributed by atoms with Crippen LogP contribution in [0.25, 0.3) is 0 Å². The number of benzene rings is 1. The third-order valence-corrected chi connectivity index (χ3v) is 4.63. The highest BCUT2D eigenvalue weighted by Crippen LogP contribution is 2.16. The van der Waals surface area contributed by atoms with Gasteiger partial charge in [0.1, 0.15) is 5.82 Å². The average Bonchev–Trinajstić information content (AvgIpc) is 3.05. The monoisotopic (exact) mass is 527 g/mol. The molecule has 0 aromatic heterocycles. The molecule has 142 valence electrons. The zero-order valence-corrected chi connectivity index (χ0v) is 18.8. The van der Waals surface area contributed by atoms with Gasteiger partial charge in [-0.05, 0) is 43.9 Å². The van der Waals surface area contributed by atoms with Gasteiger partial charge in [-0.1, -0.05) is 22.0 Å². The van der Waals surface area contributed by atoms with E-state index in [-0.39, 0.29) is 29.8 Å². The summed E-state index contributed by atoms with van der Waals surface area (Å²) in [5.41, 5.74) is 0.745. The molecule has 1 aromatic carbocycles. The second-order valence-corrected chi connectivity index (χ2v) is 7.10. The largest absolute Gasteiger partial charge is 0.381 e. The fraction of sp³-hybridized carbons (Fsp3) is 0.611. The smallest absolute Gasteiger partial charge is 0.193 e. The number of guanidine groups is 1. The van der Waals surface area contributed by atoms with E-state index < -0.39 is 0 Å². The molecule has 1 aliphatic rings. The van der Waals surface area contributed by atoms with E-state index in [4.69, 9.17) is 4.74 Å². The third-order valence-electron chi connectivity index (χ3n) is 4.13. The van der Waals surface area contributed by atoms with Gasteiger partial charge < -0.3 is 15.0 Å². The molecule has 0 radical (unpaired) electrons. The number of halogens is 3. The minimum absolute atomic E-state index is 0. The van der Waals surface area contributed by atoms with Gasteiger partial charge in [0.05, 0.1) is 6.61 Å². The minimum atomic E-state index is -0.154. The summed E-state index contributed by atoms with van der Waals surface area (Å²) in [6.07, 6.45) is 2.64. The maximum Gasteiger partial charge on any atom is 0.193 e. The lowest BCUT2D eigenvalue weighted by Gasteiger charge is -2.24. The Morgan fingerprint density at radius 2 is 2.28 bits per heavy atom. The van der Waals surface area contributed by atoms with E-state index in [9.17, 15) is 4.39 Å². The van der Waals surface area contributed by atoms with Gasteiger partial charge in [-0.3, -0.25) is 4.99 Å². The maximum absolute atomic E-state index is 13.8. The molecule has 1 unspecified atom stereocenters. The van der Waals surface area contributed by atoms with Crippen LogP contribution in [0.3, 0.4) is 0 Å². The van der Waals surface area contributed by atoms with E-state index in [2.05, 4.69) is 45.1 Å². The molecule has 2 rings (SSSR count). The molecule has 1 saturated heterocycles. The molecule has 4 nitrogen and oxygen atoms in total. The van der Waals surface area contributed by atoms with Crippen molar-refractivity contribution in [2.24, 2.45) is 10.9 Å². The summed E-state index contributed by atoms with van der Waals surface area (Å²) in [6, 6.07) is 5.23. The van der Waals surface area contributed by atoms with Gasteiger partial charge in [-0.25, -0.2) is 4.39 Å². The number of rotatable bonds is 7. The second-order valence-electron chi connectivity index (χ2n) is 6.19. The van der Waals surface area contributed by atoms with Crippen LogP contribution < -0.4 is 5.32 Å². The molecule has 0 saturated carbocycles. The Labute approximate surface area is 175 Å². The van der Waals surface area contributed by atoms with Crippen molar-refractivity contribution in [3.63, 3.8) is 0 Å². The van der Waals surface area contributed by atoms with Crippen molar-refractivity contribution in [3.05, 3.63) is 34.1 Å². The summed E-state index contributed by atoms with van der Waals surface area (Å²) < 4.78 is 20.0. The van der Waals surface area contributed by atoms with Gasteiger partial charge in [0.25, 0.3) is 0 Å². The molecule has 1 atom stereocenters. The summed E-state index contributed by atoms with van der Waals surface area (Å²) in [4.78, 5) is 6.85. The van der Waals surface area contributed by atoms with E-state index in [1.165, 1.54) is 6.07 Å². The Kier molecular flexibility index (Phi) is 10.9. The second kappa shape index (κ2) is 12.1. The fourth-order valence-electron chi connectivity index (χ4n) is 2.85. The molecular weight excluding hydrogens is 500 g/mol. The molecule has 0 amide bonds. The highest BCUT2D eigenvalue weighted by Gasteiger charge is 2.18. The molecule has 25 heavy (non-hydrogen) atoms. The van der Waals surface area contributed by atoms with Crippen LogP contribution in [-0.4, -0.2) is 50.8 Å². The fourth-order valence-corrected chi connectivity index (χ4v) is 3.18. The number of nitrogens with zero attached hydrogens (tertiary/aromatic N) is 2. The van der Waals surface area contributed by atoms with Crippen molar-refractivity contribution < 1.29 is 9.13 Å². The van der Waals surface area contributed by atoms with Crippen molar-refractivity contribution >= 4 is 45.9 Å². The minimum Gasteiger partial charge on any atom is -0.381 e. The number of aliphatic imine (C=N–C) groups is 1. The molecule has 0 bridgehead atoms. The van der Waals surface area contributed by atoms with Gasteiger partial charge in [-0.15, -0.1) is 24.0 Å². The highest BCUT2D eigenvalue weighted by molar-refractivity contribution is 14.0. The Bertz CT molecular complexity index is 553. The standard InChI is InChI=1S/C18H27BrFN3O.HI/c1-3-21-18(23(2)12-14-8-10-24-13-14)22-9-4-5-15-6-7-16(19)11-17(15)20;/h6-7,11,14H,3-5,8-10,12-13H2,1-2H3,(H,21,22);1H. The molecule has 0 spiro atoms. The van der Waals surface area contributed by atoms with Crippen LogP contribution in [0.5, 0.6) is 0 Å². The van der Waals surface area contributed by atoms with Crippen molar-refractivity contribution in [2.75, 3.05) is 39.9 Å². The van der Waals surface area contributed by atoms with Crippen molar-refractivity contribution in [1.82, 2.24) is 10.2 Å². The lowest BCUT2D eigenvalue weighted by molar-refractivity contribution is 0.181. The third kappa shape index (κ3) is 7.78. The van der Waals surface area contributed by atoms with Crippen LogP contribution >= 0.6 is 39.9 Å². The van der Waals surface area contributed by atoms with E-state index in [0.29, 0.717) is 18.9 Å². The quantitative estimate of drug-likeness (QED) is 0.251. The maximum atomic E-state index is 13.8. The first-order valence-corrected chi connectivity index (χ1v) is 9.40. The van der Waals surface area contributed by atoms with Gasteiger partial charge in [0.15, 0.2) is 5.96 Å². The normalized spacial score (nSPS) is 17.3. The molecule has 1 N–H and O–H groups in total. The Hall–Kier alpha value is -0.410. The first-order chi connectivity index (χ1) is 11.6. The first-order valence-electron chi connectivity index (χ1n) is 8.61. The lowest BCUT2D eigenvalue weighted by atomic mass is 10.1. The molecule has 1 aliphatic heterocycles. The Morgan fingerprint density at radius 1 is 1.48 bits per heavy atom. The van der Waals surface area contributed by atoms with E-state index in [0.717, 1.165) is 55.1 Å². The van der Waals surface area contributed by atoms with Crippen LogP contribution in [0.4, 0.5) is 4.39 Å². The molecule has 1 aromatic rings. The van der Waals surface area contributed by atoms with Gasteiger partial charge in [0, 0.05) is 43.7 Å². The van der Waals surface area contributed by atoms with Crippen molar-refractivity contribution in [2.45, 2.75) is 26.2 Å². The number of ether oxygens (including phenoxy) is 1. The predicted octanol–water partition coefficient (Wildman–Crippen LogP) is 4.07. The van der Waals surface area contributed by atoms with Crippen molar-refractivity contribution in [1.29, 1.82) is 0 Å². The molecule has 7 heteroatoms. The van der Waals surface area contributed by atoms with E-state index in [1.54, 1.807) is 0 Å². The van der Waals surface area contributed by atoms with Crippen molar-refractivity contribution in [3.8, 4) is 0 Å². The first kappa shape index (κ1) is 22.6. The molecule has 0 aliphatic carbocycles. The molecule has 1 fully saturated rings. The zero-order chi connectivity index (χ0) is 17.4. The Balaban J connectivity index is 0.00000312. The lowest BCUT2D eigenvalue weighted by Crippen LogP contribution is -2.41. The number of nitrogens with one attached hydrogen (secondary N) is 1. The van der Waals surface area contributed by atoms with Crippen LogP contribution in [0, 0.1) is 11.7 Å². The highest BCUT2D eigenvalue weighted by atomic mass is 127. The summed E-state index contributed by atoms with van der Waals surface area (Å²) in [7, 11) is 2.06. The van der Waals surface area contributed by atoms with E-state index >= 15 is 0 Å². The molecular formula is C18H28BrFIN3O. The van der Waals surface area contributed by atoms with E-state index in [1.807, 2.05) is 12.1 Å². The number of hydrogen-bond donors (Lipinski definition) is 1. The van der Waals surface area contributed by atoms with Crippen LogP contribution in [-0.2, 0) is 11.2 Å². The summed E-state index contributed by atoms with van der Waals surface area (Å²) in [5.74, 6) is 1.34. The predicted molar refractivity (Wildman–Crippen MR) is 115 cm³/mol. The van der Waals surface area contributed by atoms with Gasteiger partial charge in [0.2, 0.25) is 0 Å². The average molecular weight is 528 g/mol. The number of hydrogen-bond acceptors (Lipinski definition) is 2. The van der Waals surface area contributed by atoms with Crippen LogP contribution in [0.15, 0.2) is 27.7 Å². The SMILES string of the molecule is CCNC(=NCCCc1ccc(Br)cc1F)N(C)CC1CCOC1.I. The molecule has 1 heterocycles. The summed E-state index contributed by atoms with van der Waals surface area (Å²) >= 11 is 3.28. The zero-order valence-electron chi connectivity index (χ0n) is 14.9. The van der Waals surface area contributed by atoms with Gasteiger partial charge >= 0.3 is 0 Å². The Morgan fingerprint density at radius 3 is 2.92 bits per heavy atom. The topological polar surface area (TPSA) is 36.9 Å². The van der Waals surface area contributed by atoms with Crippen LogP contribution in [0.1, 0.15) is 25.3 Å². The summed E-state index contributed by atoms with van der Waals surface area (Å²) in [6.45, 7) is 6.25.